The highest BCUT2D eigenvalue weighted by Gasteiger charge is 2.36. The third-order valence-corrected chi connectivity index (χ3v) is 8.92. The third kappa shape index (κ3) is 4.38. The maximum absolute atomic E-state index is 13.4. The van der Waals surface area contributed by atoms with E-state index in [0.29, 0.717) is 13.1 Å². The van der Waals surface area contributed by atoms with Gasteiger partial charge < -0.3 is 0 Å². The lowest BCUT2D eigenvalue weighted by molar-refractivity contribution is 0.246. The summed E-state index contributed by atoms with van der Waals surface area (Å²) in [5, 5.41) is 9.75. The van der Waals surface area contributed by atoms with Crippen LogP contribution in [0.25, 0.3) is 16.6 Å². The van der Waals surface area contributed by atoms with Gasteiger partial charge in [-0.1, -0.05) is 6.92 Å². The second-order valence-electron chi connectivity index (χ2n) is 9.43. The molecule has 4 aromatic rings. The molecule has 5 rings (SSSR count). The number of hydrogen-bond acceptors (Lipinski definition) is 4. The number of sulfonamides is 1. The van der Waals surface area contributed by atoms with Gasteiger partial charge in [-0.3, -0.25) is 4.68 Å². The Balaban J connectivity index is 1.38. The van der Waals surface area contributed by atoms with Crippen molar-refractivity contribution in [2.75, 3.05) is 6.54 Å². The van der Waals surface area contributed by atoms with E-state index < -0.39 is 10.0 Å². The number of aromatic nitrogens is 4. The first-order valence-corrected chi connectivity index (χ1v) is 13.5. The minimum atomic E-state index is -3.58. The number of nitrogens with zero attached hydrogens (tertiary/aromatic N) is 5. The standard InChI is InChI=1S/C26H30FN5O2S/c1-4-10-30-17-24(16-28-30)35(33,34)31-11-9-20(13-19(31)3)25-14-21-15-29-32(26(21)12-18(25)2)23-7-5-22(27)6-8-23/h5-8,12,14-17,19-20H,4,9-11,13H2,1-3H3/t19-,20+/m1/s1. The predicted molar refractivity (Wildman–Crippen MR) is 134 cm³/mol. The minimum Gasteiger partial charge on any atom is -0.271 e. The Bertz CT molecular complexity index is 1460. The van der Waals surface area contributed by atoms with Crippen molar-refractivity contribution >= 4 is 20.9 Å². The van der Waals surface area contributed by atoms with Crippen LogP contribution in [0.3, 0.4) is 0 Å². The fourth-order valence-electron chi connectivity index (χ4n) is 5.18. The maximum Gasteiger partial charge on any atom is 0.246 e. The molecule has 2 atom stereocenters. The van der Waals surface area contributed by atoms with E-state index in [1.807, 2.05) is 24.7 Å². The van der Waals surface area contributed by atoms with E-state index in [2.05, 4.69) is 29.3 Å². The Labute approximate surface area is 205 Å². The molecule has 0 saturated carbocycles. The second kappa shape index (κ2) is 9.20. The van der Waals surface area contributed by atoms with Gasteiger partial charge in [0.15, 0.2) is 0 Å². The zero-order valence-electron chi connectivity index (χ0n) is 20.2. The summed E-state index contributed by atoms with van der Waals surface area (Å²) in [5.74, 6) is -0.0150. The normalized spacial score (nSPS) is 19.4. The van der Waals surface area contributed by atoms with E-state index in [-0.39, 0.29) is 22.7 Å². The van der Waals surface area contributed by atoms with Crippen LogP contribution in [0.5, 0.6) is 0 Å². The number of aryl methyl sites for hydroxylation is 2. The van der Waals surface area contributed by atoms with Crippen LogP contribution < -0.4 is 0 Å². The number of piperidine rings is 1. The molecule has 35 heavy (non-hydrogen) atoms. The number of halogens is 1. The molecule has 0 bridgehead atoms. The first-order chi connectivity index (χ1) is 16.8. The monoisotopic (exact) mass is 495 g/mol. The Kier molecular flexibility index (Phi) is 6.23. The highest BCUT2D eigenvalue weighted by molar-refractivity contribution is 7.89. The molecule has 0 unspecified atom stereocenters. The van der Waals surface area contributed by atoms with Gasteiger partial charge in [0, 0.05) is 30.7 Å². The average Bonchev–Trinajstić information content (AvgIpc) is 3.47. The molecule has 1 saturated heterocycles. The largest absolute Gasteiger partial charge is 0.271 e. The van der Waals surface area contributed by atoms with Crippen LogP contribution >= 0.6 is 0 Å². The van der Waals surface area contributed by atoms with Gasteiger partial charge in [0.05, 0.1) is 23.6 Å². The number of benzene rings is 2. The van der Waals surface area contributed by atoms with Crippen molar-refractivity contribution in [2.24, 2.45) is 0 Å². The van der Waals surface area contributed by atoms with Crippen molar-refractivity contribution in [3.63, 3.8) is 0 Å². The molecule has 1 fully saturated rings. The molecule has 7 nitrogen and oxygen atoms in total. The van der Waals surface area contributed by atoms with E-state index in [0.717, 1.165) is 41.4 Å². The molecule has 9 heteroatoms. The summed E-state index contributed by atoms with van der Waals surface area (Å²) in [6.07, 6.45) is 7.33. The van der Waals surface area contributed by atoms with Gasteiger partial charge in [0.1, 0.15) is 10.7 Å². The molecule has 2 aromatic carbocycles. The smallest absolute Gasteiger partial charge is 0.246 e. The molecular weight excluding hydrogens is 465 g/mol. The van der Waals surface area contributed by atoms with Crippen molar-refractivity contribution in [1.82, 2.24) is 23.9 Å². The van der Waals surface area contributed by atoms with Crippen LogP contribution in [0.15, 0.2) is 59.9 Å². The zero-order valence-corrected chi connectivity index (χ0v) is 21.0. The third-order valence-electron chi connectivity index (χ3n) is 6.95. The highest BCUT2D eigenvalue weighted by atomic mass is 32.2. The summed E-state index contributed by atoms with van der Waals surface area (Å²) in [4.78, 5) is 0.266. The van der Waals surface area contributed by atoms with E-state index in [9.17, 15) is 12.8 Å². The SMILES string of the molecule is CCCn1cc(S(=O)(=O)N2CC[C@H](c3cc4cnn(-c5ccc(F)cc5)c4cc3C)C[C@H]2C)cn1. The summed E-state index contributed by atoms with van der Waals surface area (Å²) < 4.78 is 45.1. The highest BCUT2D eigenvalue weighted by Crippen LogP contribution is 2.37. The molecule has 0 amide bonds. The van der Waals surface area contributed by atoms with Crippen LogP contribution in [0.4, 0.5) is 4.39 Å². The van der Waals surface area contributed by atoms with Crippen LogP contribution in [0.1, 0.15) is 50.2 Å². The Morgan fingerprint density at radius 3 is 2.60 bits per heavy atom. The molecule has 0 spiro atoms. The lowest BCUT2D eigenvalue weighted by Gasteiger charge is -2.37. The Hall–Kier alpha value is -3.04. The molecule has 3 heterocycles. The van der Waals surface area contributed by atoms with E-state index in [4.69, 9.17) is 0 Å². The quantitative estimate of drug-likeness (QED) is 0.376. The summed E-state index contributed by atoms with van der Waals surface area (Å²) in [6.45, 7) is 7.29. The van der Waals surface area contributed by atoms with Crippen LogP contribution in [-0.4, -0.2) is 44.9 Å². The van der Waals surface area contributed by atoms with Crippen molar-refractivity contribution in [3.05, 3.63) is 71.9 Å². The van der Waals surface area contributed by atoms with Crippen LogP contribution in [-0.2, 0) is 16.6 Å². The first kappa shape index (κ1) is 23.7. The van der Waals surface area contributed by atoms with Crippen molar-refractivity contribution in [3.8, 4) is 5.69 Å². The zero-order chi connectivity index (χ0) is 24.7. The summed E-state index contributed by atoms with van der Waals surface area (Å²) >= 11 is 0. The van der Waals surface area contributed by atoms with E-state index >= 15 is 0 Å². The van der Waals surface area contributed by atoms with Gasteiger partial charge in [0.2, 0.25) is 10.0 Å². The van der Waals surface area contributed by atoms with Gasteiger partial charge in [-0.15, -0.1) is 0 Å². The lowest BCUT2D eigenvalue weighted by atomic mass is 9.84. The van der Waals surface area contributed by atoms with Gasteiger partial charge in [0.25, 0.3) is 0 Å². The predicted octanol–water partition coefficient (Wildman–Crippen LogP) is 5.04. The van der Waals surface area contributed by atoms with Gasteiger partial charge >= 0.3 is 0 Å². The van der Waals surface area contributed by atoms with E-state index in [1.165, 1.54) is 23.9 Å². The first-order valence-electron chi connectivity index (χ1n) is 12.1. The average molecular weight is 496 g/mol. The van der Waals surface area contributed by atoms with Gasteiger partial charge in [-0.25, -0.2) is 17.5 Å². The summed E-state index contributed by atoms with van der Waals surface area (Å²) in [6, 6.07) is 10.5. The lowest BCUT2D eigenvalue weighted by Crippen LogP contribution is -2.44. The van der Waals surface area contributed by atoms with Gasteiger partial charge in [-0.05, 0) is 86.6 Å². The molecule has 0 N–H and O–H groups in total. The maximum atomic E-state index is 13.4. The Morgan fingerprint density at radius 2 is 1.89 bits per heavy atom. The fraction of sp³-hybridized carbons (Fsp3) is 0.385. The summed E-state index contributed by atoms with van der Waals surface area (Å²) in [5.41, 5.74) is 4.16. The fourth-order valence-corrected chi connectivity index (χ4v) is 6.79. The van der Waals surface area contributed by atoms with Crippen LogP contribution in [0.2, 0.25) is 0 Å². The molecule has 2 aromatic heterocycles. The van der Waals surface area contributed by atoms with Crippen molar-refractivity contribution in [1.29, 1.82) is 0 Å². The Morgan fingerprint density at radius 1 is 1.11 bits per heavy atom. The van der Waals surface area contributed by atoms with E-state index in [1.54, 1.807) is 27.3 Å². The second-order valence-corrected chi connectivity index (χ2v) is 11.3. The molecule has 1 aliphatic rings. The van der Waals surface area contributed by atoms with Crippen molar-refractivity contribution in [2.45, 2.75) is 63.4 Å². The molecule has 184 valence electrons. The summed E-state index contributed by atoms with van der Waals surface area (Å²) in [7, 11) is -3.58. The van der Waals surface area contributed by atoms with Crippen LogP contribution in [0, 0.1) is 12.7 Å². The number of fused-ring (bicyclic) bond motifs is 1. The van der Waals surface area contributed by atoms with Crippen molar-refractivity contribution < 1.29 is 12.8 Å². The number of rotatable bonds is 6. The minimum absolute atomic E-state index is 0.120. The molecule has 0 aliphatic carbocycles. The topological polar surface area (TPSA) is 73.0 Å². The number of hydrogen-bond donors (Lipinski definition) is 0. The molecular formula is C26H30FN5O2S. The molecule has 1 aliphatic heterocycles. The van der Waals surface area contributed by atoms with Gasteiger partial charge in [-0.2, -0.15) is 14.5 Å². The molecule has 0 radical (unpaired) electrons.